The standard InChI is InChI=1S/C17H22N2O2/c1-2-12-8-15-14-9-13(20-7-3-6-18)4-5-16(14)19-10-17(15)21-11-12/h4-5,9-10,12H,2-3,6-8,11,18H2,1H3. The van der Waals surface area contributed by atoms with Crippen LogP contribution in [0, 0.1) is 5.92 Å². The zero-order valence-electron chi connectivity index (χ0n) is 12.5. The second-order valence-electron chi connectivity index (χ2n) is 5.56. The lowest BCUT2D eigenvalue weighted by Crippen LogP contribution is -2.20. The fourth-order valence-electron chi connectivity index (χ4n) is 2.72. The molecule has 1 aromatic carbocycles. The normalized spacial score (nSPS) is 17.3. The average Bonchev–Trinajstić information content (AvgIpc) is 2.54. The molecule has 3 rings (SSSR count). The van der Waals surface area contributed by atoms with Crippen LogP contribution in [0.3, 0.4) is 0 Å². The van der Waals surface area contributed by atoms with Gasteiger partial charge in [0.05, 0.1) is 24.9 Å². The summed E-state index contributed by atoms with van der Waals surface area (Å²) in [5, 5.41) is 1.15. The summed E-state index contributed by atoms with van der Waals surface area (Å²) in [6.07, 6.45) is 4.90. The Kier molecular flexibility index (Phi) is 4.25. The van der Waals surface area contributed by atoms with Gasteiger partial charge in [-0.1, -0.05) is 6.92 Å². The van der Waals surface area contributed by atoms with E-state index >= 15 is 0 Å². The van der Waals surface area contributed by atoms with Crippen LogP contribution in [0.2, 0.25) is 0 Å². The summed E-state index contributed by atoms with van der Waals surface area (Å²) in [4.78, 5) is 4.48. The smallest absolute Gasteiger partial charge is 0.141 e. The summed E-state index contributed by atoms with van der Waals surface area (Å²) in [7, 11) is 0. The van der Waals surface area contributed by atoms with E-state index in [1.807, 2.05) is 18.3 Å². The van der Waals surface area contributed by atoms with E-state index in [2.05, 4.69) is 18.0 Å². The molecule has 0 bridgehead atoms. The van der Waals surface area contributed by atoms with E-state index in [1.54, 1.807) is 0 Å². The SMILES string of the molecule is CCC1COc2cnc3ccc(OCCCN)cc3c2C1. The molecule has 21 heavy (non-hydrogen) atoms. The minimum atomic E-state index is 0.588. The predicted molar refractivity (Wildman–Crippen MR) is 83.9 cm³/mol. The average molecular weight is 286 g/mol. The number of nitrogens with two attached hydrogens (primary N) is 1. The van der Waals surface area contributed by atoms with Gasteiger partial charge >= 0.3 is 0 Å². The molecular weight excluding hydrogens is 264 g/mol. The lowest BCUT2D eigenvalue weighted by Gasteiger charge is -2.25. The minimum Gasteiger partial charge on any atom is -0.494 e. The number of pyridine rings is 1. The van der Waals surface area contributed by atoms with Crippen LogP contribution >= 0.6 is 0 Å². The number of hydrogen-bond donors (Lipinski definition) is 1. The molecule has 1 aliphatic heterocycles. The second-order valence-corrected chi connectivity index (χ2v) is 5.56. The Balaban J connectivity index is 1.94. The molecule has 1 atom stereocenters. The second kappa shape index (κ2) is 6.31. The molecule has 2 heterocycles. The highest BCUT2D eigenvalue weighted by Gasteiger charge is 2.21. The summed E-state index contributed by atoms with van der Waals surface area (Å²) in [5.74, 6) is 2.39. The Morgan fingerprint density at radius 1 is 1.43 bits per heavy atom. The van der Waals surface area contributed by atoms with E-state index in [4.69, 9.17) is 15.2 Å². The highest BCUT2D eigenvalue weighted by atomic mass is 16.5. The zero-order valence-corrected chi connectivity index (χ0v) is 12.5. The van der Waals surface area contributed by atoms with Crippen molar-refractivity contribution in [1.82, 2.24) is 4.98 Å². The largest absolute Gasteiger partial charge is 0.494 e. The molecular formula is C17H22N2O2. The number of rotatable bonds is 5. The van der Waals surface area contributed by atoms with Gasteiger partial charge in [-0.25, -0.2) is 0 Å². The van der Waals surface area contributed by atoms with Crippen LogP contribution in [0.5, 0.6) is 11.5 Å². The maximum absolute atomic E-state index is 5.85. The molecule has 0 fully saturated rings. The summed E-state index contributed by atoms with van der Waals surface area (Å²) in [5.41, 5.74) is 7.76. The number of aromatic nitrogens is 1. The van der Waals surface area contributed by atoms with Crippen molar-refractivity contribution in [2.75, 3.05) is 19.8 Å². The zero-order chi connectivity index (χ0) is 14.7. The van der Waals surface area contributed by atoms with Gasteiger partial charge in [0.15, 0.2) is 0 Å². The molecule has 0 saturated carbocycles. The van der Waals surface area contributed by atoms with E-state index < -0.39 is 0 Å². The van der Waals surface area contributed by atoms with Gasteiger partial charge in [0.2, 0.25) is 0 Å². The van der Waals surface area contributed by atoms with Gasteiger partial charge < -0.3 is 15.2 Å². The highest BCUT2D eigenvalue weighted by Crippen LogP contribution is 2.34. The number of fused-ring (bicyclic) bond motifs is 3. The predicted octanol–water partition coefficient (Wildman–Crippen LogP) is 2.92. The van der Waals surface area contributed by atoms with Gasteiger partial charge in [0, 0.05) is 10.9 Å². The number of hydrogen-bond acceptors (Lipinski definition) is 4. The van der Waals surface area contributed by atoms with Crippen LogP contribution < -0.4 is 15.2 Å². The van der Waals surface area contributed by atoms with Gasteiger partial charge in [-0.2, -0.15) is 0 Å². The van der Waals surface area contributed by atoms with Crippen LogP contribution in [0.15, 0.2) is 24.4 Å². The molecule has 0 radical (unpaired) electrons. The van der Waals surface area contributed by atoms with E-state index in [0.717, 1.165) is 48.3 Å². The van der Waals surface area contributed by atoms with Crippen molar-refractivity contribution in [3.63, 3.8) is 0 Å². The van der Waals surface area contributed by atoms with Crippen LogP contribution in [0.25, 0.3) is 10.9 Å². The monoisotopic (exact) mass is 286 g/mol. The van der Waals surface area contributed by atoms with Crippen molar-refractivity contribution in [2.45, 2.75) is 26.2 Å². The van der Waals surface area contributed by atoms with Crippen molar-refractivity contribution in [2.24, 2.45) is 11.7 Å². The van der Waals surface area contributed by atoms with Crippen molar-refractivity contribution in [1.29, 1.82) is 0 Å². The van der Waals surface area contributed by atoms with E-state index in [-0.39, 0.29) is 0 Å². The van der Waals surface area contributed by atoms with Gasteiger partial charge in [-0.3, -0.25) is 4.98 Å². The maximum atomic E-state index is 5.85. The molecule has 1 unspecified atom stereocenters. The number of ether oxygens (including phenoxy) is 2. The van der Waals surface area contributed by atoms with Crippen molar-refractivity contribution in [3.05, 3.63) is 30.0 Å². The molecule has 4 heteroatoms. The first-order valence-corrected chi connectivity index (χ1v) is 7.69. The molecule has 2 aromatic rings. The summed E-state index contributed by atoms with van der Waals surface area (Å²) in [6, 6.07) is 6.07. The molecule has 4 nitrogen and oxygen atoms in total. The number of benzene rings is 1. The lowest BCUT2D eigenvalue weighted by molar-refractivity contribution is 0.218. The third-order valence-electron chi connectivity index (χ3n) is 4.07. The van der Waals surface area contributed by atoms with E-state index in [9.17, 15) is 0 Å². The molecule has 0 aliphatic carbocycles. The number of nitrogens with zero attached hydrogens (tertiary/aromatic N) is 1. The first kappa shape index (κ1) is 14.1. The summed E-state index contributed by atoms with van der Waals surface area (Å²) >= 11 is 0. The van der Waals surface area contributed by atoms with E-state index in [1.165, 1.54) is 5.56 Å². The molecule has 0 amide bonds. The van der Waals surface area contributed by atoms with Crippen molar-refractivity contribution in [3.8, 4) is 11.5 Å². The first-order chi connectivity index (χ1) is 10.3. The molecule has 2 N–H and O–H groups in total. The Morgan fingerprint density at radius 3 is 3.14 bits per heavy atom. The lowest BCUT2D eigenvalue weighted by atomic mass is 9.92. The minimum absolute atomic E-state index is 0.588. The first-order valence-electron chi connectivity index (χ1n) is 7.69. The highest BCUT2D eigenvalue weighted by molar-refractivity contribution is 5.85. The van der Waals surface area contributed by atoms with Crippen LogP contribution in [-0.2, 0) is 6.42 Å². The molecule has 112 valence electrons. The summed E-state index contributed by atoms with van der Waals surface area (Å²) in [6.45, 7) is 4.31. The summed E-state index contributed by atoms with van der Waals surface area (Å²) < 4.78 is 11.6. The van der Waals surface area contributed by atoms with E-state index in [0.29, 0.717) is 19.1 Å². The Morgan fingerprint density at radius 2 is 2.33 bits per heavy atom. The van der Waals surface area contributed by atoms with Crippen LogP contribution in [0.4, 0.5) is 0 Å². The Hall–Kier alpha value is -1.81. The van der Waals surface area contributed by atoms with Gasteiger partial charge in [0.1, 0.15) is 11.5 Å². The molecule has 1 aliphatic rings. The van der Waals surface area contributed by atoms with Gasteiger partial charge in [0.25, 0.3) is 0 Å². The van der Waals surface area contributed by atoms with Crippen molar-refractivity contribution >= 4 is 10.9 Å². The Labute approximate surface area is 125 Å². The van der Waals surface area contributed by atoms with Gasteiger partial charge in [-0.15, -0.1) is 0 Å². The fourth-order valence-corrected chi connectivity index (χ4v) is 2.72. The van der Waals surface area contributed by atoms with Crippen molar-refractivity contribution < 1.29 is 9.47 Å². The topological polar surface area (TPSA) is 57.4 Å². The van der Waals surface area contributed by atoms with Crippen LogP contribution in [-0.4, -0.2) is 24.7 Å². The fraction of sp³-hybridized carbons (Fsp3) is 0.471. The molecule has 1 aromatic heterocycles. The third kappa shape index (κ3) is 2.95. The van der Waals surface area contributed by atoms with Gasteiger partial charge in [-0.05, 0) is 49.9 Å². The third-order valence-corrected chi connectivity index (χ3v) is 4.07. The maximum Gasteiger partial charge on any atom is 0.141 e. The Bertz CT molecular complexity index is 627. The molecule has 0 saturated heterocycles. The molecule has 0 spiro atoms. The van der Waals surface area contributed by atoms with Crippen LogP contribution in [0.1, 0.15) is 25.3 Å². The quantitative estimate of drug-likeness (QED) is 0.859.